The van der Waals surface area contributed by atoms with Crippen LogP contribution in [-0.4, -0.2) is 37.1 Å². The molecular weight excluding hydrogens is 394 g/mol. The molecule has 0 radical (unpaired) electrons. The standard InChI is InChI=1S/C18H16F2N2O7/c1-10-7-13(22(25)26)15(27-2)8-12(10)21-16(23)9-28-17(24)11-5-3-4-6-14(11)29-18(19)20/h3-8,18H,9H2,1-2H3,(H,21,23). The van der Waals surface area contributed by atoms with E-state index in [-0.39, 0.29) is 28.4 Å². The van der Waals surface area contributed by atoms with E-state index in [0.717, 1.165) is 6.07 Å². The Hall–Kier alpha value is -3.76. The van der Waals surface area contributed by atoms with E-state index in [9.17, 15) is 28.5 Å². The van der Waals surface area contributed by atoms with Crippen molar-refractivity contribution in [1.82, 2.24) is 0 Å². The molecule has 9 nitrogen and oxygen atoms in total. The molecule has 0 atom stereocenters. The lowest BCUT2D eigenvalue weighted by Crippen LogP contribution is -2.22. The first-order valence-electron chi connectivity index (χ1n) is 8.06. The van der Waals surface area contributed by atoms with E-state index < -0.39 is 30.0 Å². The average molecular weight is 410 g/mol. The van der Waals surface area contributed by atoms with Crippen LogP contribution in [-0.2, 0) is 9.53 Å². The monoisotopic (exact) mass is 410 g/mol. The van der Waals surface area contributed by atoms with Gasteiger partial charge in [0.25, 0.3) is 5.91 Å². The van der Waals surface area contributed by atoms with Crippen LogP contribution in [0.5, 0.6) is 11.5 Å². The number of anilines is 1. The molecule has 0 heterocycles. The second-order valence-electron chi connectivity index (χ2n) is 5.60. The second-order valence-corrected chi connectivity index (χ2v) is 5.60. The molecule has 2 rings (SSSR count). The Balaban J connectivity index is 2.06. The average Bonchev–Trinajstić information content (AvgIpc) is 2.67. The number of hydrogen-bond acceptors (Lipinski definition) is 7. The van der Waals surface area contributed by atoms with Gasteiger partial charge in [-0.2, -0.15) is 8.78 Å². The smallest absolute Gasteiger partial charge is 0.387 e. The van der Waals surface area contributed by atoms with Gasteiger partial charge in [0.15, 0.2) is 12.4 Å². The molecule has 0 spiro atoms. The summed E-state index contributed by atoms with van der Waals surface area (Å²) in [7, 11) is 1.24. The van der Waals surface area contributed by atoms with Crippen molar-refractivity contribution in [3.63, 3.8) is 0 Å². The number of carbonyl (C=O) groups is 2. The van der Waals surface area contributed by atoms with Crippen molar-refractivity contribution in [2.24, 2.45) is 0 Å². The molecule has 0 unspecified atom stereocenters. The Morgan fingerprint density at radius 1 is 1.21 bits per heavy atom. The predicted molar refractivity (Wildman–Crippen MR) is 96.4 cm³/mol. The Morgan fingerprint density at radius 3 is 2.52 bits per heavy atom. The number of nitrogens with one attached hydrogen (secondary N) is 1. The number of amides is 1. The molecule has 2 aromatic carbocycles. The molecule has 154 valence electrons. The quantitative estimate of drug-likeness (QED) is 0.403. The lowest BCUT2D eigenvalue weighted by atomic mass is 10.1. The van der Waals surface area contributed by atoms with Crippen LogP contribution in [0.1, 0.15) is 15.9 Å². The number of para-hydroxylation sites is 1. The molecule has 0 aliphatic heterocycles. The highest BCUT2D eigenvalue weighted by atomic mass is 19.3. The highest BCUT2D eigenvalue weighted by Gasteiger charge is 2.20. The summed E-state index contributed by atoms with van der Waals surface area (Å²) in [5.41, 5.74) is 0.0571. The fourth-order valence-corrected chi connectivity index (χ4v) is 2.34. The van der Waals surface area contributed by atoms with Crippen LogP contribution in [0.2, 0.25) is 0 Å². The maximum Gasteiger partial charge on any atom is 0.387 e. The normalized spacial score (nSPS) is 10.4. The summed E-state index contributed by atoms with van der Waals surface area (Å²) in [6.45, 7) is -2.32. The zero-order chi connectivity index (χ0) is 21.6. The van der Waals surface area contributed by atoms with Crippen molar-refractivity contribution in [1.29, 1.82) is 0 Å². The number of benzene rings is 2. The summed E-state index contributed by atoms with van der Waals surface area (Å²) in [4.78, 5) is 34.5. The van der Waals surface area contributed by atoms with Gasteiger partial charge in [0.05, 0.1) is 12.0 Å². The van der Waals surface area contributed by atoms with Crippen LogP contribution >= 0.6 is 0 Å². The molecule has 11 heteroatoms. The minimum atomic E-state index is -3.13. The summed E-state index contributed by atoms with van der Waals surface area (Å²) in [6.07, 6.45) is 0. The predicted octanol–water partition coefficient (Wildman–Crippen LogP) is 3.31. The Kier molecular flexibility index (Phi) is 7.01. The third-order valence-electron chi connectivity index (χ3n) is 3.65. The number of aryl methyl sites for hydroxylation is 1. The molecule has 0 aromatic heterocycles. The summed E-state index contributed by atoms with van der Waals surface area (Å²) < 4.78 is 38.8. The fourth-order valence-electron chi connectivity index (χ4n) is 2.34. The van der Waals surface area contributed by atoms with Gasteiger partial charge in [-0.25, -0.2) is 4.79 Å². The van der Waals surface area contributed by atoms with Gasteiger partial charge in [0.1, 0.15) is 11.3 Å². The van der Waals surface area contributed by atoms with E-state index in [1.807, 2.05) is 0 Å². The number of nitro groups is 1. The zero-order valence-corrected chi connectivity index (χ0v) is 15.3. The maximum atomic E-state index is 12.4. The molecule has 0 fully saturated rings. The van der Waals surface area contributed by atoms with Crippen LogP contribution in [0.3, 0.4) is 0 Å². The van der Waals surface area contributed by atoms with E-state index in [1.165, 1.54) is 44.4 Å². The molecule has 0 saturated carbocycles. The van der Waals surface area contributed by atoms with Gasteiger partial charge >= 0.3 is 18.3 Å². The lowest BCUT2D eigenvalue weighted by molar-refractivity contribution is -0.385. The van der Waals surface area contributed by atoms with Crippen molar-refractivity contribution >= 4 is 23.3 Å². The molecule has 0 bridgehead atoms. The van der Waals surface area contributed by atoms with Gasteiger partial charge in [-0.3, -0.25) is 14.9 Å². The first-order chi connectivity index (χ1) is 13.7. The van der Waals surface area contributed by atoms with Crippen LogP contribution in [0.25, 0.3) is 0 Å². The minimum Gasteiger partial charge on any atom is -0.490 e. The van der Waals surface area contributed by atoms with Gasteiger partial charge < -0.3 is 19.5 Å². The number of nitro benzene ring substituents is 1. The number of hydrogen-bond donors (Lipinski definition) is 1. The fraction of sp³-hybridized carbons (Fsp3) is 0.222. The van der Waals surface area contributed by atoms with Crippen LogP contribution in [0.4, 0.5) is 20.2 Å². The summed E-state index contributed by atoms with van der Waals surface area (Å²) >= 11 is 0. The molecule has 0 saturated heterocycles. The molecular formula is C18H16F2N2O7. The number of methoxy groups -OCH3 is 1. The number of nitrogens with zero attached hydrogens (tertiary/aromatic N) is 1. The van der Waals surface area contributed by atoms with Crippen molar-refractivity contribution in [3.05, 3.63) is 57.6 Å². The zero-order valence-electron chi connectivity index (χ0n) is 15.3. The molecule has 0 aliphatic carbocycles. The topological polar surface area (TPSA) is 117 Å². The van der Waals surface area contributed by atoms with Gasteiger partial charge in [0.2, 0.25) is 0 Å². The number of ether oxygens (including phenoxy) is 3. The highest BCUT2D eigenvalue weighted by molar-refractivity contribution is 5.97. The largest absolute Gasteiger partial charge is 0.490 e. The summed E-state index contributed by atoms with van der Waals surface area (Å²) in [5, 5.41) is 13.4. The van der Waals surface area contributed by atoms with Gasteiger partial charge in [-0.1, -0.05) is 12.1 Å². The van der Waals surface area contributed by atoms with Crippen molar-refractivity contribution in [3.8, 4) is 11.5 Å². The maximum absolute atomic E-state index is 12.4. The van der Waals surface area contributed by atoms with Gasteiger partial charge in [-0.05, 0) is 24.6 Å². The molecule has 2 aromatic rings. The third kappa shape index (κ3) is 5.61. The first-order valence-corrected chi connectivity index (χ1v) is 8.06. The summed E-state index contributed by atoms with van der Waals surface area (Å²) in [5.74, 6) is -2.23. The van der Waals surface area contributed by atoms with Crippen LogP contribution in [0.15, 0.2) is 36.4 Å². The van der Waals surface area contributed by atoms with Crippen molar-refractivity contribution in [2.45, 2.75) is 13.5 Å². The summed E-state index contributed by atoms with van der Waals surface area (Å²) in [6, 6.07) is 7.67. The Bertz CT molecular complexity index is 934. The highest BCUT2D eigenvalue weighted by Crippen LogP contribution is 2.32. The van der Waals surface area contributed by atoms with E-state index in [2.05, 4.69) is 10.1 Å². The van der Waals surface area contributed by atoms with E-state index in [0.29, 0.717) is 5.56 Å². The third-order valence-corrected chi connectivity index (χ3v) is 3.65. The molecule has 1 N–H and O–H groups in total. The molecule has 29 heavy (non-hydrogen) atoms. The number of halogens is 2. The van der Waals surface area contributed by atoms with Gasteiger partial charge in [0, 0.05) is 17.8 Å². The lowest BCUT2D eigenvalue weighted by Gasteiger charge is -2.12. The minimum absolute atomic E-state index is 0.0639. The SMILES string of the molecule is COc1cc(NC(=O)COC(=O)c2ccccc2OC(F)F)c(C)cc1[N+](=O)[O-]. The van der Waals surface area contributed by atoms with Crippen molar-refractivity contribution < 1.29 is 37.5 Å². The Labute approximate surface area is 163 Å². The number of alkyl halides is 2. The van der Waals surface area contributed by atoms with Gasteiger partial charge in [-0.15, -0.1) is 0 Å². The van der Waals surface area contributed by atoms with Crippen LogP contribution in [0, 0.1) is 17.0 Å². The van der Waals surface area contributed by atoms with E-state index in [4.69, 9.17) is 9.47 Å². The second kappa shape index (κ2) is 9.44. The molecule has 1 amide bonds. The van der Waals surface area contributed by atoms with Crippen LogP contribution < -0.4 is 14.8 Å². The number of rotatable bonds is 8. The van der Waals surface area contributed by atoms with Crippen molar-refractivity contribution in [2.75, 3.05) is 19.0 Å². The molecule has 0 aliphatic rings. The number of esters is 1. The Morgan fingerprint density at radius 2 is 1.90 bits per heavy atom. The first kappa shape index (κ1) is 21.5. The van der Waals surface area contributed by atoms with E-state index >= 15 is 0 Å². The van der Waals surface area contributed by atoms with E-state index in [1.54, 1.807) is 0 Å². The number of carbonyl (C=O) groups excluding carboxylic acids is 2.